The average Bonchev–Trinajstić information content (AvgIpc) is 3.03. The molecule has 30 heavy (non-hydrogen) atoms. The van der Waals surface area contributed by atoms with E-state index in [9.17, 15) is 14.4 Å². The van der Waals surface area contributed by atoms with Crippen LogP contribution in [0.1, 0.15) is 53.2 Å². The molecule has 166 valence electrons. The second-order valence-electron chi connectivity index (χ2n) is 9.15. The van der Waals surface area contributed by atoms with Crippen LogP contribution < -0.4 is 0 Å². The Morgan fingerprint density at radius 1 is 0.933 bits per heavy atom. The van der Waals surface area contributed by atoms with Crippen LogP contribution in [-0.4, -0.2) is 78.1 Å². The Bertz CT molecular complexity index is 773. The quantitative estimate of drug-likeness (QED) is 0.647. The molecule has 2 fully saturated rings. The van der Waals surface area contributed by atoms with Crippen molar-refractivity contribution in [3.05, 3.63) is 21.4 Å². The summed E-state index contributed by atoms with van der Waals surface area (Å²) in [6.45, 7) is 13.2. The Morgan fingerprint density at radius 2 is 1.57 bits per heavy atom. The van der Waals surface area contributed by atoms with Crippen LogP contribution >= 0.6 is 11.3 Å². The predicted molar refractivity (Wildman–Crippen MR) is 120 cm³/mol. The van der Waals surface area contributed by atoms with Crippen LogP contribution in [0.25, 0.3) is 0 Å². The van der Waals surface area contributed by atoms with Gasteiger partial charge >= 0.3 is 0 Å². The molecule has 0 saturated carbocycles. The first-order valence-electron chi connectivity index (χ1n) is 11.1. The molecule has 0 radical (unpaired) electrons. The lowest BCUT2D eigenvalue weighted by molar-refractivity contribution is -0.136. The number of Topliss-reactive ketones (excluding diaryl/α,β-unsaturated/α-hetero) is 1. The van der Waals surface area contributed by atoms with Crippen LogP contribution in [0.4, 0.5) is 0 Å². The molecule has 0 aromatic carbocycles. The van der Waals surface area contributed by atoms with Crippen LogP contribution in [-0.2, 0) is 9.59 Å². The molecule has 2 unspecified atom stereocenters. The number of nitrogens with zero attached hydrogens (tertiary/aromatic N) is 3. The minimum Gasteiger partial charge on any atom is -0.341 e. The molecule has 0 aliphatic carbocycles. The van der Waals surface area contributed by atoms with Gasteiger partial charge in [-0.05, 0) is 38.2 Å². The number of carbonyl (C=O) groups is 3. The SMILES string of the molecule is Cc1cc(C(=O)CCC(=O)N2CCN(CC(=O)N3CC(C)CC(C)C3)CC2)c(C)s1. The zero-order chi connectivity index (χ0) is 21.8. The second kappa shape index (κ2) is 10.1. The number of carbonyl (C=O) groups excluding carboxylic acids is 3. The third kappa shape index (κ3) is 5.91. The highest BCUT2D eigenvalue weighted by molar-refractivity contribution is 7.12. The lowest BCUT2D eigenvalue weighted by Crippen LogP contribution is -2.53. The topological polar surface area (TPSA) is 60.9 Å². The van der Waals surface area contributed by atoms with Crippen molar-refractivity contribution in [2.75, 3.05) is 45.8 Å². The monoisotopic (exact) mass is 433 g/mol. The van der Waals surface area contributed by atoms with E-state index >= 15 is 0 Å². The van der Waals surface area contributed by atoms with E-state index in [0.717, 1.165) is 28.4 Å². The maximum atomic E-state index is 12.7. The van der Waals surface area contributed by atoms with E-state index in [1.54, 1.807) is 11.3 Å². The van der Waals surface area contributed by atoms with Crippen molar-refractivity contribution in [1.29, 1.82) is 0 Å². The van der Waals surface area contributed by atoms with E-state index in [4.69, 9.17) is 0 Å². The number of ketones is 1. The lowest BCUT2D eigenvalue weighted by atomic mass is 9.92. The molecule has 3 rings (SSSR count). The molecule has 1 aromatic heterocycles. The lowest BCUT2D eigenvalue weighted by Gasteiger charge is -2.38. The van der Waals surface area contributed by atoms with Crippen molar-refractivity contribution in [3.8, 4) is 0 Å². The molecule has 2 saturated heterocycles. The van der Waals surface area contributed by atoms with Gasteiger partial charge in [-0.25, -0.2) is 0 Å². The fraction of sp³-hybridized carbons (Fsp3) is 0.696. The molecule has 0 bridgehead atoms. The maximum Gasteiger partial charge on any atom is 0.236 e. The summed E-state index contributed by atoms with van der Waals surface area (Å²) in [7, 11) is 0. The first-order chi connectivity index (χ1) is 14.2. The number of aryl methyl sites for hydroxylation is 2. The minimum atomic E-state index is 0.0395. The summed E-state index contributed by atoms with van der Waals surface area (Å²) in [5.41, 5.74) is 0.759. The van der Waals surface area contributed by atoms with Crippen LogP contribution in [0, 0.1) is 25.7 Å². The normalized spacial score (nSPS) is 22.9. The Balaban J connectivity index is 1.40. The summed E-state index contributed by atoms with van der Waals surface area (Å²) in [5, 5.41) is 0. The standard InChI is InChI=1S/C23H35N3O3S/c1-16-11-17(2)14-26(13-16)23(29)15-24-7-9-25(10-8-24)22(28)6-5-21(27)20-12-18(3)30-19(20)4/h12,16-17H,5-11,13-15H2,1-4H3. The highest BCUT2D eigenvalue weighted by Gasteiger charge is 2.28. The minimum absolute atomic E-state index is 0.0395. The van der Waals surface area contributed by atoms with Gasteiger partial charge in [0, 0.05) is 67.4 Å². The van der Waals surface area contributed by atoms with Crippen molar-refractivity contribution < 1.29 is 14.4 Å². The fourth-order valence-corrected chi connectivity index (χ4v) is 5.68. The van der Waals surface area contributed by atoms with Crippen molar-refractivity contribution in [2.45, 2.75) is 47.0 Å². The number of thiophene rings is 1. The van der Waals surface area contributed by atoms with Crippen molar-refractivity contribution in [1.82, 2.24) is 14.7 Å². The number of rotatable bonds is 6. The fourth-order valence-electron chi connectivity index (χ4n) is 4.73. The molecular weight excluding hydrogens is 398 g/mol. The van der Waals surface area contributed by atoms with Gasteiger partial charge in [0.15, 0.2) is 5.78 Å². The summed E-state index contributed by atoms with van der Waals surface area (Å²) in [6.07, 6.45) is 1.72. The number of hydrogen-bond acceptors (Lipinski definition) is 5. The van der Waals surface area contributed by atoms with Gasteiger partial charge in [-0.3, -0.25) is 19.3 Å². The molecule has 2 aliphatic heterocycles. The van der Waals surface area contributed by atoms with E-state index in [-0.39, 0.29) is 30.4 Å². The zero-order valence-corrected chi connectivity index (χ0v) is 19.6. The molecule has 2 aliphatic rings. The zero-order valence-electron chi connectivity index (χ0n) is 18.8. The van der Waals surface area contributed by atoms with E-state index < -0.39 is 0 Å². The first-order valence-corrected chi connectivity index (χ1v) is 11.9. The van der Waals surface area contributed by atoms with Gasteiger partial charge in [0.2, 0.25) is 11.8 Å². The second-order valence-corrected chi connectivity index (χ2v) is 10.6. The largest absolute Gasteiger partial charge is 0.341 e. The molecule has 1 aromatic rings. The summed E-state index contributed by atoms with van der Waals surface area (Å²) in [4.78, 5) is 45.8. The van der Waals surface area contributed by atoms with Crippen molar-refractivity contribution in [2.24, 2.45) is 11.8 Å². The van der Waals surface area contributed by atoms with Crippen LogP contribution in [0.5, 0.6) is 0 Å². The van der Waals surface area contributed by atoms with Crippen LogP contribution in [0.3, 0.4) is 0 Å². The van der Waals surface area contributed by atoms with Gasteiger partial charge in [-0.1, -0.05) is 13.8 Å². The number of hydrogen-bond donors (Lipinski definition) is 0. The van der Waals surface area contributed by atoms with E-state index in [0.29, 0.717) is 44.6 Å². The Hall–Kier alpha value is -1.73. The summed E-state index contributed by atoms with van der Waals surface area (Å²) >= 11 is 1.62. The Morgan fingerprint density at radius 3 is 2.13 bits per heavy atom. The van der Waals surface area contributed by atoms with Gasteiger partial charge in [-0.15, -0.1) is 11.3 Å². The molecular formula is C23H35N3O3S. The van der Waals surface area contributed by atoms with Crippen LogP contribution in [0.2, 0.25) is 0 Å². The molecule has 2 atom stereocenters. The first kappa shape index (κ1) is 22.9. The highest BCUT2D eigenvalue weighted by Crippen LogP contribution is 2.23. The van der Waals surface area contributed by atoms with Gasteiger partial charge in [0.1, 0.15) is 0 Å². The highest BCUT2D eigenvalue weighted by atomic mass is 32.1. The van der Waals surface area contributed by atoms with Crippen molar-refractivity contribution in [3.63, 3.8) is 0 Å². The van der Waals surface area contributed by atoms with Crippen LogP contribution in [0.15, 0.2) is 6.07 Å². The number of likely N-dealkylation sites (tertiary alicyclic amines) is 1. The molecule has 3 heterocycles. The van der Waals surface area contributed by atoms with E-state index in [2.05, 4.69) is 18.7 Å². The molecule has 6 nitrogen and oxygen atoms in total. The summed E-state index contributed by atoms with van der Waals surface area (Å²) in [5.74, 6) is 1.44. The maximum absolute atomic E-state index is 12.7. The van der Waals surface area contributed by atoms with Gasteiger partial charge in [-0.2, -0.15) is 0 Å². The number of piperidine rings is 1. The molecule has 0 N–H and O–H groups in total. The van der Waals surface area contributed by atoms with E-state index in [1.165, 1.54) is 6.42 Å². The summed E-state index contributed by atoms with van der Waals surface area (Å²) < 4.78 is 0. The third-order valence-corrected chi connectivity index (χ3v) is 7.18. The van der Waals surface area contributed by atoms with Gasteiger partial charge in [0.05, 0.1) is 6.54 Å². The predicted octanol–water partition coefficient (Wildman–Crippen LogP) is 2.98. The van der Waals surface area contributed by atoms with E-state index in [1.807, 2.05) is 29.7 Å². The van der Waals surface area contributed by atoms with Gasteiger partial charge in [0.25, 0.3) is 0 Å². The molecule has 0 spiro atoms. The summed E-state index contributed by atoms with van der Waals surface area (Å²) in [6, 6.07) is 1.92. The Labute approximate surface area is 184 Å². The smallest absolute Gasteiger partial charge is 0.236 e. The van der Waals surface area contributed by atoms with Crippen molar-refractivity contribution >= 4 is 28.9 Å². The number of piperazine rings is 1. The van der Waals surface area contributed by atoms with Gasteiger partial charge < -0.3 is 9.80 Å². The molecule has 2 amide bonds. The average molecular weight is 434 g/mol. The Kier molecular flexibility index (Phi) is 7.69. The molecule has 7 heteroatoms. The third-order valence-electron chi connectivity index (χ3n) is 6.21. The number of amides is 2.